The predicted octanol–water partition coefficient (Wildman–Crippen LogP) is 3.93. The van der Waals surface area contributed by atoms with Crippen LogP contribution in [0.3, 0.4) is 0 Å². The largest absolute Gasteiger partial charge is 0.482 e. The summed E-state index contributed by atoms with van der Waals surface area (Å²) in [4.78, 5) is 23.9. The first kappa shape index (κ1) is 19.2. The molecule has 5 nitrogen and oxygen atoms in total. The normalized spacial score (nSPS) is 10.4. The summed E-state index contributed by atoms with van der Waals surface area (Å²) in [6.45, 7) is 1.26. The van der Waals surface area contributed by atoms with E-state index in [0.29, 0.717) is 11.4 Å². The molecule has 3 rings (SSSR count). The fourth-order valence-corrected chi connectivity index (χ4v) is 2.88. The minimum absolute atomic E-state index is 0.160. The molecule has 0 unspecified atom stereocenters. The summed E-state index contributed by atoms with van der Waals surface area (Å²) in [5, 5.41) is 5.72. The predicted molar refractivity (Wildman–Crippen MR) is 109 cm³/mol. The number of amides is 2. The van der Waals surface area contributed by atoms with Crippen LogP contribution in [0.1, 0.15) is 24.1 Å². The lowest BCUT2D eigenvalue weighted by Gasteiger charge is -2.20. The highest BCUT2D eigenvalue weighted by molar-refractivity contribution is 5.90. The van der Waals surface area contributed by atoms with Crippen LogP contribution in [-0.2, 0) is 9.59 Å². The smallest absolute Gasteiger partial charge is 0.258 e. The van der Waals surface area contributed by atoms with E-state index < -0.39 is 0 Å². The van der Waals surface area contributed by atoms with E-state index in [9.17, 15) is 9.59 Å². The molecule has 2 N–H and O–H groups in total. The van der Waals surface area contributed by atoms with Gasteiger partial charge in [0.2, 0.25) is 5.91 Å². The van der Waals surface area contributed by atoms with Gasteiger partial charge in [-0.25, -0.2) is 0 Å². The Kier molecular flexibility index (Phi) is 6.41. The number of nitrogens with one attached hydrogen (secondary N) is 2. The van der Waals surface area contributed by atoms with Crippen LogP contribution in [-0.4, -0.2) is 18.4 Å². The van der Waals surface area contributed by atoms with Crippen molar-refractivity contribution in [2.45, 2.75) is 13.0 Å². The van der Waals surface area contributed by atoms with Crippen LogP contribution in [0.15, 0.2) is 84.9 Å². The zero-order valence-electron chi connectivity index (χ0n) is 15.6. The lowest BCUT2D eigenvalue weighted by molar-refractivity contribution is -0.123. The molecule has 0 spiro atoms. The molecule has 5 heteroatoms. The molecule has 0 aliphatic carbocycles. The van der Waals surface area contributed by atoms with Crippen molar-refractivity contribution in [2.24, 2.45) is 0 Å². The van der Waals surface area contributed by atoms with Crippen molar-refractivity contribution in [1.82, 2.24) is 5.32 Å². The molecule has 0 aliphatic heterocycles. The number of ether oxygens (including phenoxy) is 1. The molecule has 3 aromatic rings. The van der Waals surface area contributed by atoms with Crippen molar-refractivity contribution in [3.63, 3.8) is 0 Å². The van der Waals surface area contributed by atoms with E-state index in [-0.39, 0.29) is 24.5 Å². The molecule has 0 atom stereocenters. The Morgan fingerprint density at radius 1 is 0.821 bits per heavy atom. The number of carbonyl (C=O) groups is 2. The highest BCUT2D eigenvalue weighted by Gasteiger charge is 2.17. The van der Waals surface area contributed by atoms with Gasteiger partial charge in [0.15, 0.2) is 6.61 Å². The van der Waals surface area contributed by atoms with E-state index >= 15 is 0 Å². The van der Waals surface area contributed by atoms with Crippen molar-refractivity contribution in [2.75, 3.05) is 11.9 Å². The molecule has 0 heterocycles. The molecular weight excluding hydrogens is 352 g/mol. The summed E-state index contributed by atoms with van der Waals surface area (Å²) >= 11 is 0. The molecule has 0 aliphatic rings. The van der Waals surface area contributed by atoms with Gasteiger partial charge in [0, 0.05) is 6.92 Å². The topological polar surface area (TPSA) is 67.4 Å². The summed E-state index contributed by atoms with van der Waals surface area (Å²) < 4.78 is 5.65. The van der Waals surface area contributed by atoms with Crippen LogP contribution in [0.4, 0.5) is 5.69 Å². The zero-order valence-corrected chi connectivity index (χ0v) is 15.6. The van der Waals surface area contributed by atoms with Crippen LogP contribution in [0.2, 0.25) is 0 Å². The van der Waals surface area contributed by atoms with Crippen LogP contribution in [0.5, 0.6) is 5.75 Å². The highest BCUT2D eigenvalue weighted by Crippen LogP contribution is 2.24. The molecule has 142 valence electrons. The lowest BCUT2D eigenvalue weighted by atomic mass is 9.99. The molecule has 0 fully saturated rings. The first-order chi connectivity index (χ1) is 13.6. The lowest BCUT2D eigenvalue weighted by Crippen LogP contribution is -2.33. The summed E-state index contributed by atoms with van der Waals surface area (Å²) in [6, 6.07) is 26.3. The fourth-order valence-electron chi connectivity index (χ4n) is 2.88. The Balaban J connectivity index is 1.71. The van der Waals surface area contributed by atoms with E-state index in [2.05, 4.69) is 10.6 Å². The standard InChI is InChI=1S/C23H22N2O3/c1-17(26)24-20-14-8-9-15-21(20)28-16-22(27)25-23(18-10-4-2-5-11-18)19-12-6-3-7-13-19/h2-15,23H,16H2,1H3,(H,24,26)(H,25,27). The first-order valence-electron chi connectivity index (χ1n) is 9.02. The number of rotatable bonds is 7. The third kappa shape index (κ3) is 5.20. The molecule has 2 amide bonds. The van der Waals surface area contributed by atoms with Crippen molar-refractivity contribution < 1.29 is 14.3 Å². The van der Waals surface area contributed by atoms with Gasteiger partial charge in [0.05, 0.1) is 11.7 Å². The summed E-state index contributed by atoms with van der Waals surface area (Å²) in [5.74, 6) is -0.00660. The molecule has 0 bridgehead atoms. The zero-order chi connectivity index (χ0) is 19.8. The maximum Gasteiger partial charge on any atom is 0.258 e. The number of para-hydroxylation sites is 2. The van der Waals surface area contributed by atoms with Crippen molar-refractivity contribution in [3.05, 3.63) is 96.1 Å². The first-order valence-corrected chi connectivity index (χ1v) is 9.02. The Labute approximate surface area is 164 Å². The van der Waals surface area contributed by atoms with Gasteiger partial charge in [-0.3, -0.25) is 9.59 Å². The second kappa shape index (κ2) is 9.37. The Hall–Kier alpha value is -3.60. The van der Waals surface area contributed by atoms with Crippen LogP contribution < -0.4 is 15.4 Å². The molecule has 0 saturated carbocycles. The third-order valence-electron chi connectivity index (χ3n) is 4.13. The van der Waals surface area contributed by atoms with E-state index in [0.717, 1.165) is 11.1 Å². The minimum Gasteiger partial charge on any atom is -0.482 e. The Bertz CT molecular complexity index is 887. The summed E-state index contributed by atoms with van der Waals surface area (Å²) in [6.07, 6.45) is 0. The van der Waals surface area contributed by atoms with Crippen LogP contribution >= 0.6 is 0 Å². The van der Waals surface area contributed by atoms with Gasteiger partial charge >= 0.3 is 0 Å². The highest BCUT2D eigenvalue weighted by atomic mass is 16.5. The minimum atomic E-state index is -0.274. The quantitative estimate of drug-likeness (QED) is 0.658. The molecule has 0 aromatic heterocycles. The van der Waals surface area contributed by atoms with Gasteiger partial charge in [-0.1, -0.05) is 72.8 Å². The van der Waals surface area contributed by atoms with E-state index in [1.54, 1.807) is 24.3 Å². The van der Waals surface area contributed by atoms with Crippen molar-refractivity contribution in [1.29, 1.82) is 0 Å². The maximum atomic E-state index is 12.6. The van der Waals surface area contributed by atoms with Crippen molar-refractivity contribution in [3.8, 4) is 5.75 Å². The van der Waals surface area contributed by atoms with Crippen LogP contribution in [0, 0.1) is 0 Å². The van der Waals surface area contributed by atoms with Gasteiger partial charge in [-0.15, -0.1) is 0 Å². The Morgan fingerprint density at radius 2 is 1.36 bits per heavy atom. The molecular formula is C23H22N2O3. The van der Waals surface area contributed by atoms with Crippen LogP contribution in [0.25, 0.3) is 0 Å². The monoisotopic (exact) mass is 374 g/mol. The van der Waals surface area contributed by atoms with Gasteiger partial charge < -0.3 is 15.4 Å². The Morgan fingerprint density at radius 3 is 1.93 bits per heavy atom. The molecule has 0 saturated heterocycles. The number of carbonyl (C=O) groups excluding carboxylic acids is 2. The molecule has 28 heavy (non-hydrogen) atoms. The number of hydrogen-bond acceptors (Lipinski definition) is 3. The van der Waals surface area contributed by atoms with Crippen molar-refractivity contribution >= 4 is 17.5 Å². The second-order valence-electron chi connectivity index (χ2n) is 6.29. The van der Waals surface area contributed by atoms with E-state index in [4.69, 9.17) is 4.74 Å². The van der Waals surface area contributed by atoms with Gasteiger partial charge in [0.1, 0.15) is 5.75 Å². The second-order valence-corrected chi connectivity index (χ2v) is 6.29. The van der Waals surface area contributed by atoms with E-state index in [1.807, 2.05) is 60.7 Å². The fraction of sp³-hybridized carbons (Fsp3) is 0.130. The van der Waals surface area contributed by atoms with E-state index in [1.165, 1.54) is 6.92 Å². The summed E-state index contributed by atoms with van der Waals surface area (Å²) in [7, 11) is 0. The number of anilines is 1. The average Bonchev–Trinajstić information content (AvgIpc) is 2.72. The molecule has 0 radical (unpaired) electrons. The average molecular weight is 374 g/mol. The van der Waals surface area contributed by atoms with Gasteiger partial charge in [0.25, 0.3) is 5.91 Å². The SMILES string of the molecule is CC(=O)Nc1ccccc1OCC(=O)NC(c1ccccc1)c1ccccc1. The number of benzene rings is 3. The molecule has 3 aromatic carbocycles. The summed E-state index contributed by atoms with van der Waals surface area (Å²) in [5.41, 5.74) is 2.51. The third-order valence-corrected chi connectivity index (χ3v) is 4.13. The van der Waals surface area contributed by atoms with Gasteiger partial charge in [-0.2, -0.15) is 0 Å². The number of hydrogen-bond donors (Lipinski definition) is 2. The van der Waals surface area contributed by atoms with Gasteiger partial charge in [-0.05, 0) is 23.3 Å². The maximum absolute atomic E-state index is 12.6.